The molecule has 44 valence electrons. The monoisotopic (exact) mass is 110 g/mol. The summed E-state index contributed by atoms with van der Waals surface area (Å²) in [5, 5.41) is 3.28. The van der Waals surface area contributed by atoms with E-state index in [-0.39, 0.29) is 0 Å². The first-order valence-electron chi connectivity index (χ1n) is 3.06. The minimum atomic E-state index is 0.725. The third kappa shape index (κ3) is 0.377. The van der Waals surface area contributed by atoms with Crippen molar-refractivity contribution in [2.24, 2.45) is 0 Å². The Balaban J connectivity index is 2.22. The fourth-order valence-electron chi connectivity index (χ4n) is 1.45. The van der Waals surface area contributed by atoms with Crippen LogP contribution in [0.2, 0.25) is 0 Å². The molecular formula is C6H10N2. The molecule has 0 aliphatic carbocycles. The number of hydrogen-bond acceptors (Lipinski definition) is 2. The Morgan fingerprint density at radius 1 is 1.75 bits per heavy atom. The first-order chi connectivity index (χ1) is 3.86. The first-order valence-corrected chi connectivity index (χ1v) is 3.06. The topological polar surface area (TPSA) is 15.3 Å². The van der Waals surface area contributed by atoms with Crippen LogP contribution in [0.25, 0.3) is 0 Å². The zero-order chi connectivity index (χ0) is 5.56. The molecule has 2 nitrogen and oxygen atoms in total. The molecule has 0 spiro atoms. The summed E-state index contributed by atoms with van der Waals surface area (Å²) in [6, 6.07) is 0.725. The number of nitrogens with one attached hydrogen (secondary N) is 1. The van der Waals surface area contributed by atoms with Crippen molar-refractivity contribution < 1.29 is 0 Å². The van der Waals surface area contributed by atoms with E-state index < -0.39 is 0 Å². The van der Waals surface area contributed by atoms with Gasteiger partial charge in [0, 0.05) is 19.1 Å². The molecule has 2 saturated heterocycles. The molecule has 0 aromatic carbocycles. The van der Waals surface area contributed by atoms with E-state index in [0.717, 1.165) is 11.9 Å². The van der Waals surface area contributed by atoms with Gasteiger partial charge in [-0.2, -0.15) is 0 Å². The van der Waals surface area contributed by atoms with E-state index in [1.807, 2.05) is 0 Å². The molecule has 2 heteroatoms. The Kier molecular flexibility index (Phi) is 0.629. The Labute approximate surface area is 49.2 Å². The summed E-state index contributed by atoms with van der Waals surface area (Å²) >= 11 is 0. The second-order valence-electron chi connectivity index (χ2n) is 2.52. The molecule has 1 unspecified atom stereocenters. The summed E-state index contributed by atoms with van der Waals surface area (Å²) in [4.78, 5) is 2.30. The highest BCUT2D eigenvalue weighted by molar-refractivity contribution is 5.06. The van der Waals surface area contributed by atoms with Gasteiger partial charge in [-0.1, -0.05) is 6.58 Å². The minimum Gasteiger partial charge on any atom is -0.368 e. The number of hydrogen-bond donors (Lipinski definition) is 1. The molecule has 2 heterocycles. The lowest BCUT2D eigenvalue weighted by Gasteiger charge is -2.17. The van der Waals surface area contributed by atoms with Gasteiger partial charge < -0.3 is 10.2 Å². The van der Waals surface area contributed by atoms with Crippen LogP contribution in [0, 0.1) is 0 Å². The highest BCUT2D eigenvalue weighted by Crippen LogP contribution is 2.20. The first kappa shape index (κ1) is 4.24. The molecular weight excluding hydrogens is 100 g/mol. The van der Waals surface area contributed by atoms with E-state index in [4.69, 9.17) is 0 Å². The van der Waals surface area contributed by atoms with Crippen LogP contribution in [0.5, 0.6) is 0 Å². The molecule has 8 heavy (non-hydrogen) atoms. The number of rotatable bonds is 0. The second kappa shape index (κ2) is 1.19. The normalized spacial score (nSPS) is 33.8. The van der Waals surface area contributed by atoms with Gasteiger partial charge in [-0.3, -0.25) is 0 Å². The zero-order valence-corrected chi connectivity index (χ0v) is 4.85. The lowest BCUT2D eigenvalue weighted by atomic mass is 10.3. The standard InChI is InChI=1S/C6H10N2/c1-5-7-6-2-3-8(5)4-6/h6-7H,1-4H2. The maximum absolute atomic E-state index is 3.85. The average Bonchev–Trinajstić information content (AvgIpc) is 2.23. The SMILES string of the molecule is C=C1NC2CCN1C2. The van der Waals surface area contributed by atoms with Crippen molar-refractivity contribution in [3.8, 4) is 0 Å². The summed E-state index contributed by atoms with van der Waals surface area (Å²) in [5.74, 6) is 1.13. The molecule has 1 N–H and O–H groups in total. The van der Waals surface area contributed by atoms with E-state index in [1.165, 1.54) is 19.5 Å². The molecule has 0 aromatic heterocycles. The highest BCUT2D eigenvalue weighted by atomic mass is 15.3. The summed E-state index contributed by atoms with van der Waals surface area (Å²) in [6.07, 6.45) is 1.30. The van der Waals surface area contributed by atoms with Crippen LogP contribution in [-0.4, -0.2) is 24.0 Å². The van der Waals surface area contributed by atoms with E-state index in [9.17, 15) is 0 Å². The summed E-state index contributed by atoms with van der Waals surface area (Å²) in [6.45, 7) is 6.26. The van der Waals surface area contributed by atoms with Gasteiger partial charge in [0.15, 0.2) is 0 Å². The quantitative estimate of drug-likeness (QED) is 0.477. The fraction of sp³-hybridized carbons (Fsp3) is 0.667. The molecule has 0 saturated carbocycles. The Morgan fingerprint density at radius 3 is 2.88 bits per heavy atom. The summed E-state index contributed by atoms with van der Waals surface area (Å²) in [5.41, 5.74) is 0. The molecule has 0 aromatic rings. The molecule has 2 rings (SSSR count). The summed E-state index contributed by atoms with van der Waals surface area (Å²) in [7, 11) is 0. The van der Waals surface area contributed by atoms with E-state index >= 15 is 0 Å². The van der Waals surface area contributed by atoms with Gasteiger partial charge in [0.25, 0.3) is 0 Å². The van der Waals surface area contributed by atoms with Gasteiger partial charge in [-0.25, -0.2) is 0 Å². The highest BCUT2D eigenvalue weighted by Gasteiger charge is 2.30. The predicted octanol–water partition coefficient (Wildman–Crippen LogP) is 0.135. The van der Waals surface area contributed by atoms with Crippen LogP contribution in [0.1, 0.15) is 6.42 Å². The predicted molar refractivity (Wildman–Crippen MR) is 32.3 cm³/mol. The molecule has 1 atom stereocenters. The number of nitrogens with zero attached hydrogens (tertiary/aromatic N) is 1. The van der Waals surface area contributed by atoms with Crippen molar-refractivity contribution >= 4 is 0 Å². The average molecular weight is 110 g/mol. The van der Waals surface area contributed by atoms with Crippen molar-refractivity contribution in [3.63, 3.8) is 0 Å². The largest absolute Gasteiger partial charge is 0.368 e. The molecule has 0 radical (unpaired) electrons. The van der Waals surface area contributed by atoms with Crippen LogP contribution in [-0.2, 0) is 0 Å². The van der Waals surface area contributed by atoms with Crippen LogP contribution in [0.4, 0.5) is 0 Å². The fourth-order valence-corrected chi connectivity index (χ4v) is 1.45. The third-order valence-corrected chi connectivity index (χ3v) is 1.94. The van der Waals surface area contributed by atoms with Crippen molar-refractivity contribution in [2.45, 2.75) is 12.5 Å². The minimum absolute atomic E-state index is 0.725. The van der Waals surface area contributed by atoms with Crippen LogP contribution in [0.15, 0.2) is 12.4 Å². The third-order valence-electron chi connectivity index (χ3n) is 1.94. The lowest BCUT2D eigenvalue weighted by molar-refractivity contribution is 0.430. The van der Waals surface area contributed by atoms with Crippen molar-refractivity contribution in [3.05, 3.63) is 12.4 Å². The smallest absolute Gasteiger partial charge is 0.0942 e. The van der Waals surface area contributed by atoms with E-state index in [2.05, 4.69) is 16.8 Å². The molecule has 2 aliphatic rings. The van der Waals surface area contributed by atoms with Gasteiger partial charge in [-0.15, -0.1) is 0 Å². The zero-order valence-electron chi connectivity index (χ0n) is 4.85. The molecule has 0 amide bonds. The van der Waals surface area contributed by atoms with Gasteiger partial charge in [0.05, 0.1) is 5.82 Å². The van der Waals surface area contributed by atoms with Crippen LogP contribution < -0.4 is 5.32 Å². The van der Waals surface area contributed by atoms with Crippen molar-refractivity contribution in [1.82, 2.24) is 10.2 Å². The van der Waals surface area contributed by atoms with Gasteiger partial charge in [0.1, 0.15) is 0 Å². The molecule has 2 bridgehead atoms. The Bertz CT molecular complexity index is 130. The maximum atomic E-state index is 3.85. The van der Waals surface area contributed by atoms with Crippen LogP contribution >= 0.6 is 0 Å². The maximum Gasteiger partial charge on any atom is 0.0942 e. The summed E-state index contributed by atoms with van der Waals surface area (Å²) < 4.78 is 0. The Hall–Kier alpha value is -0.660. The van der Waals surface area contributed by atoms with Crippen molar-refractivity contribution in [1.29, 1.82) is 0 Å². The molecule has 2 fully saturated rings. The van der Waals surface area contributed by atoms with Crippen LogP contribution in [0.3, 0.4) is 0 Å². The van der Waals surface area contributed by atoms with Gasteiger partial charge in [0.2, 0.25) is 0 Å². The number of fused-ring (bicyclic) bond motifs is 2. The van der Waals surface area contributed by atoms with Gasteiger partial charge >= 0.3 is 0 Å². The lowest BCUT2D eigenvalue weighted by Crippen LogP contribution is -2.26. The Morgan fingerprint density at radius 2 is 2.62 bits per heavy atom. The second-order valence-corrected chi connectivity index (χ2v) is 2.52. The van der Waals surface area contributed by atoms with E-state index in [0.29, 0.717) is 0 Å². The molecule has 2 aliphatic heterocycles. The van der Waals surface area contributed by atoms with E-state index in [1.54, 1.807) is 0 Å². The van der Waals surface area contributed by atoms with Gasteiger partial charge in [-0.05, 0) is 6.42 Å². The van der Waals surface area contributed by atoms with Crippen molar-refractivity contribution in [2.75, 3.05) is 13.1 Å².